The first-order valence-corrected chi connectivity index (χ1v) is 3.96. The number of guanidine groups is 1. The van der Waals surface area contributed by atoms with Crippen LogP contribution in [-0.4, -0.2) is 12.2 Å². The van der Waals surface area contributed by atoms with Crippen molar-refractivity contribution in [1.29, 1.82) is 0 Å². The average Bonchev–Trinajstić information content (AvgIpc) is 2.18. The smallest absolute Gasteiger partial charge is 0.211 e. The minimum atomic E-state index is -0.0808. The molecule has 0 atom stereocenters. The van der Waals surface area contributed by atoms with Gasteiger partial charge in [0, 0.05) is 5.56 Å². The highest BCUT2D eigenvalue weighted by Crippen LogP contribution is 1.93. The molecule has 4 nitrogen and oxygen atoms in total. The van der Waals surface area contributed by atoms with E-state index in [4.69, 9.17) is 11.5 Å². The summed E-state index contributed by atoms with van der Waals surface area (Å²) in [5, 5.41) is 6.92. The van der Waals surface area contributed by atoms with E-state index in [0.717, 1.165) is 5.56 Å². The summed E-state index contributed by atoms with van der Waals surface area (Å²) >= 11 is 0. The molecule has 0 saturated heterocycles. The van der Waals surface area contributed by atoms with Crippen LogP contribution in [-0.2, 0) is 0 Å². The highest BCUT2D eigenvalue weighted by atomic mass is 15.3. The third-order valence-corrected chi connectivity index (χ3v) is 1.29. The average molecular weight is 186 g/mol. The van der Waals surface area contributed by atoms with Crippen molar-refractivity contribution in [1.82, 2.24) is 0 Å². The Kier molecular flexibility index (Phi) is 3.77. The molecular weight excluding hydrogens is 176 g/mol. The Hall–Kier alpha value is -2.28. The Balaban J connectivity index is 2.58. The van der Waals surface area contributed by atoms with Crippen molar-refractivity contribution >= 4 is 12.2 Å². The van der Waals surface area contributed by atoms with Gasteiger partial charge in [0.15, 0.2) is 0 Å². The van der Waals surface area contributed by atoms with E-state index in [0.29, 0.717) is 0 Å². The van der Waals surface area contributed by atoms with Gasteiger partial charge in [0.05, 0.1) is 6.21 Å². The van der Waals surface area contributed by atoms with Crippen LogP contribution in [0.4, 0.5) is 0 Å². The summed E-state index contributed by atoms with van der Waals surface area (Å²) in [5.41, 5.74) is 11.0. The Morgan fingerprint density at radius 2 is 1.93 bits per heavy atom. The van der Waals surface area contributed by atoms with Crippen molar-refractivity contribution < 1.29 is 0 Å². The van der Waals surface area contributed by atoms with Crippen LogP contribution in [0, 0.1) is 11.8 Å². The summed E-state index contributed by atoms with van der Waals surface area (Å²) in [4.78, 5) is 0. The van der Waals surface area contributed by atoms with Crippen LogP contribution in [0.1, 0.15) is 5.56 Å². The summed E-state index contributed by atoms with van der Waals surface area (Å²) in [6.07, 6.45) is 1.34. The van der Waals surface area contributed by atoms with Crippen molar-refractivity contribution in [2.24, 2.45) is 21.7 Å². The van der Waals surface area contributed by atoms with Crippen molar-refractivity contribution in [3.05, 3.63) is 35.9 Å². The molecule has 0 fully saturated rings. The monoisotopic (exact) mass is 186 g/mol. The number of hydrogen-bond donors (Lipinski definition) is 2. The molecule has 0 aliphatic rings. The molecule has 1 rings (SSSR count). The van der Waals surface area contributed by atoms with Gasteiger partial charge in [-0.05, 0) is 18.1 Å². The minimum Gasteiger partial charge on any atom is -0.369 e. The number of nitrogens with zero attached hydrogens (tertiary/aromatic N) is 2. The molecule has 0 spiro atoms. The molecule has 14 heavy (non-hydrogen) atoms. The molecule has 0 unspecified atom stereocenters. The normalized spacial score (nSPS) is 9.14. The summed E-state index contributed by atoms with van der Waals surface area (Å²) in [7, 11) is 0. The fourth-order valence-electron chi connectivity index (χ4n) is 0.761. The largest absolute Gasteiger partial charge is 0.369 e. The molecule has 0 aromatic heterocycles. The maximum absolute atomic E-state index is 5.05. The molecule has 1 aromatic rings. The minimum absolute atomic E-state index is 0.0808. The van der Waals surface area contributed by atoms with Crippen LogP contribution in [0.3, 0.4) is 0 Å². The number of rotatable bonds is 1. The Morgan fingerprint density at radius 3 is 2.57 bits per heavy atom. The Bertz CT molecular complexity index is 391. The van der Waals surface area contributed by atoms with Gasteiger partial charge in [-0.25, -0.2) is 0 Å². The molecule has 4 heteroatoms. The molecule has 0 saturated carbocycles. The summed E-state index contributed by atoms with van der Waals surface area (Å²) in [5.74, 6) is 5.48. The molecule has 1 aromatic carbocycles. The van der Waals surface area contributed by atoms with E-state index < -0.39 is 0 Å². The predicted molar refractivity (Wildman–Crippen MR) is 57.6 cm³/mol. The first-order chi connectivity index (χ1) is 6.79. The lowest BCUT2D eigenvalue weighted by Gasteiger charge is -1.84. The zero-order valence-electron chi connectivity index (χ0n) is 7.51. The van der Waals surface area contributed by atoms with Crippen molar-refractivity contribution in [3.63, 3.8) is 0 Å². The standard InChI is InChI=1S/C10H10N4/c11-10(12)14-13-8-4-7-9-5-2-1-3-6-9/h1-3,5-6,8H,(H4,11,12,14)/b13-8-. The zero-order chi connectivity index (χ0) is 10.2. The molecule has 0 aliphatic carbocycles. The van der Waals surface area contributed by atoms with E-state index in [1.165, 1.54) is 6.21 Å². The van der Waals surface area contributed by atoms with Gasteiger partial charge in [-0.2, -0.15) is 0 Å². The number of nitrogens with two attached hydrogens (primary N) is 2. The van der Waals surface area contributed by atoms with Crippen LogP contribution >= 0.6 is 0 Å². The van der Waals surface area contributed by atoms with E-state index in [1.54, 1.807) is 0 Å². The van der Waals surface area contributed by atoms with E-state index in [1.807, 2.05) is 30.3 Å². The van der Waals surface area contributed by atoms with Gasteiger partial charge in [0.25, 0.3) is 0 Å². The maximum atomic E-state index is 5.05. The van der Waals surface area contributed by atoms with E-state index in [9.17, 15) is 0 Å². The quantitative estimate of drug-likeness (QED) is 0.286. The topological polar surface area (TPSA) is 76.8 Å². The van der Waals surface area contributed by atoms with E-state index in [2.05, 4.69) is 22.0 Å². The van der Waals surface area contributed by atoms with Crippen molar-refractivity contribution in [2.75, 3.05) is 0 Å². The molecule has 0 aliphatic heterocycles. The van der Waals surface area contributed by atoms with Crippen LogP contribution in [0.2, 0.25) is 0 Å². The number of hydrogen-bond acceptors (Lipinski definition) is 2. The van der Waals surface area contributed by atoms with Gasteiger partial charge in [0.1, 0.15) is 0 Å². The zero-order valence-corrected chi connectivity index (χ0v) is 7.51. The van der Waals surface area contributed by atoms with Crippen molar-refractivity contribution in [2.45, 2.75) is 0 Å². The van der Waals surface area contributed by atoms with Gasteiger partial charge in [-0.15, -0.1) is 10.2 Å². The van der Waals surface area contributed by atoms with Crippen LogP contribution < -0.4 is 11.5 Å². The highest BCUT2D eigenvalue weighted by molar-refractivity contribution is 5.81. The second-order valence-electron chi connectivity index (χ2n) is 2.40. The van der Waals surface area contributed by atoms with Gasteiger partial charge < -0.3 is 11.5 Å². The summed E-state index contributed by atoms with van der Waals surface area (Å²) < 4.78 is 0. The summed E-state index contributed by atoms with van der Waals surface area (Å²) in [6, 6.07) is 9.57. The lowest BCUT2D eigenvalue weighted by molar-refractivity contribution is 1.22. The van der Waals surface area contributed by atoms with Crippen LogP contribution in [0.25, 0.3) is 0 Å². The lowest BCUT2D eigenvalue weighted by atomic mass is 10.2. The first-order valence-electron chi connectivity index (χ1n) is 3.96. The molecule has 0 amide bonds. The third-order valence-electron chi connectivity index (χ3n) is 1.29. The second-order valence-corrected chi connectivity index (χ2v) is 2.40. The number of benzene rings is 1. The van der Waals surface area contributed by atoms with Gasteiger partial charge in [-0.1, -0.05) is 24.1 Å². The molecule has 70 valence electrons. The molecule has 0 heterocycles. The van der Waals surface area contributed by atoms with Crippen molar-refractivity contribution in [3.8, 4) is 11.8 Å². The molecular formula is C10H10N4. The van der Waals surface area contributed by atoms with E-state index >= 15 is 0 Å². The maximum Gasteiger partial charge on any atom is 0.211 e. The highest BCUT2D eigenvalue weighted by Gasteiger charge is 1.79. The third kappa shape index (κ3) is 3.93. The van der Waals surface area contributed by atoms with Gasteiger partial charge in [0.2, 0.25) is 5.96 Å². The fraction of sp³-hybridized carbons (Fsp3) is 0. The van der Waals surface area contributed by atoms with Gasteiger partial charge >= 0.3 is 0 Å². The Labute approximate surface area is 82.3 Å². The molecule has 0 bridgehead atoms. The predicted octanol–water partition coefficient (Wildman–Crippen LogP) is 0.297. The summed E-state index contributed by atoms with van der Waals surface area (Å²) in [6.45, 7) is 0. The van der Waals surface area contributed by atoms with Crippen LogP contribution in [0.15, 0.2) is 40.5 Å². The van der Waals surface area contributed by atoms with E-state index in [-0.39, 0.29) is 5.96 Å². The molecule has 4 N–H and O–H groups in total. The van der Waals surface area contributed by atoms with Gasteiger partial charge in [-0.3, -0.25) is 0 Å². The van der Waals surface area contributed by atoms with Crippen LogP contribution in [0.5, 0.6) is 0 Å². The Morgan fingerprint density at radius 1 is 1.21 bits per heavy atom. The second kappa shape index (κ2) is 5.38. The fourth-order valence-corrected chi connectivity index (χ4v) is 0.761. The first kappa shape index (κ1) is 9.81. The SMILES string of the molecule is NC(N)=N/N=C\C#Cc1ccccc1. The lowest BCUT2D eigenvalue weighted by Crippen LogP contribution is -2.21. The molecule has 0 radical (unpaired) electrons.